The van der Waals surface area contributed by atoms with Gasteiger partial charge in [-0.05, 0) is 32.9 Å². The molecule has 0 unspecified atom stereocenters. The van der Waals surface area contributed by atoms with Crippen molar-refractivity contribution in [2.75, 3.05) is 0 Å². The first-order chi connectivity index (χ1) is 7.09. The lowest BCUT2D eigenvalue weighted by molar-refractivity contribution is 0.359. The molecule has 0 aliphatic rings. The van der Waals surface area contributed by atoms with Crippen molar-refractivity contribution in [3.63, 3.8) is 0 Å². The van der Waals surface area contributed by atoms with Gasteiger partial charge in [-0.15, -0.1) is 0 Å². The molecule has 78 valence electrons. The molecule has 0 spiro atoms. The highest BCUT2D eigenvalue weighted by molar-refractivity contribution is 5.48. The third-order valence-electron chi connectivity index (χ3n) is 2.08. The van der Waals surface area contributed by atoms with E-state index in [9.17, 15) is 0 Å². The molecule has 0 fully saturated rings. The van der Waals surface area contributed by atoms with Crippen LogP contribution in [0, 0.1) is 0 Å². The highest BCUT2D eigenvalue weighted by Crippen LogP contribution is 2.20. The number of pyridine rings is 1. The van der Waals surface area contributed by atoms with Gasteiger partial charge in [0.15, 0.2) is 5.82 Å². The fourth-order valence-corrected chi connectivity index (χ4v) is 1.40. The zero-order valence-corrected chi connectivity index (χ0v) is 9.18. The molecule has 0 amide bonds. The van der Waals surface area contributed by atoms with Gasteiger partial charge in [0.2, 0.25) is 0 Å². The van der Waals surface area contributed by atoms with Crippen LogP contribution in [0.1, 0.15) is 20.8 Å². The maximum Gasteiger partial charge on any atom is 0.177 e. The van der Waals surface area contributed by atoms with E-state index in [2.05, 4.69) is 35.8 Å². The summed E-state index contributed by atoms with van der Waals surface area (Å²) in [5, 5.41) is 4.23. The minimum Gasteiger partial charge on any atom is -0.253 e. The van der Waals surface area contributed by atoms with Crippen molar-refractivity contribution < 1.29 is 0 Å². The zero-order valence-electron chi connectivity index (χ0n) is 9.18. The van der Waals surface area contributed by atoms with Crippen LogP contribution in [0.4, 0.5) is 0 Å². The molecule has 4 heteroatoms. The molecule has 0 saturated heterocycles. The first-order valence-corrected chi connectivity index (χ1v) is 4.91. The molecular formula is C11H14N4. The molecule has 0 aliphatic carbocycles. The van der Waals surface area contributed by atoms with Crippen LogP contribution in [0.25, 0.3) is 11.5 Å². The summed E-state index contributed by atoms with van der Waals surface area (Å²) in [6, 6.07) is 5.78. The summed E-state index contributed by atoms with van der Waals surface area (Å²) in [4.78, 5) is 8.51. The fourth-order valence-electron chi connectivity index (χ4n) is 1.40. The second-order valence-electron chi connectivity index (χ2n) is 4.38. The second kappa shape index (κ2) is 3.46. The van der Waals surface area contributed by atoms with E-state index in [1.54, 1.807) is 12.5 Å². The lowest BCUT2D eigenvalue weighted by Crippen LogP contribution is -2.24. The maximum absolute atomic E-state index is 4.27. The van der Waals surface area contributed by atoms with Crippen LogP contribution in [-0.4, -0.2) is 19.7 Å². The van der Waals surface area contributed by atoms with Crippen molar-refractivity contribution in [1.82, 2.24) is 19.7 Å². The lowest BCUT2D eigenvalue weighted by Gasteiger charge is -2.20. The van der Waals surface area contributed by atoms with E-state index in [0.29, 0.717) is 0 Å². The van der Waals surface area contributed by atoms with Crippen molar-refractivity contribution >= 4 is 0 Å². The van der Waals surface area contributed by atoms with Crippen LogP contribution in [0.15, 0.2) is 30.7 Å². The van der Waals surface area contributed by atoms with Crippen molar-refractivity contribution in [2.45, 2.75) is 26.3 Å². The fraction of sp³-hybridized carbons (Fsp3) is 0.364. The standard InChI is InChI=1S/C11H14N4/c1-11(2,3)15-10(13-8-14-15)9-6-4-5-7-12-9/h4-8H,1-3H3. The minimum atomic E-state index is -0.0800. The zero-order chi connectivity index (χ0) is 10.9. The van der Waals surface area contributed by atoms with Gasteiger partial charge in [0.25, 0.3) is 0 Å². The van der Waals surface area contributed by atoms with Crippen molar-refractivity contribution in [3.8, 4) is 11.5 Å². The van der Waals surface area contributed by atoms with Gasteiger partial charge in [0.05, 0.1) is 5.54 Å². The van der Waals surface area contributed by atoms with Gasteiger partial charge in [-0.2, -0.15) is 5.10 Å². The molecule has 2 aromatic heterocycles. The molecule has 2 aromatic rings. The minimum absolute atomic E-state index is 0.0800. The Morgan fingerprint density at radius 3 is 2.53 bits per heavy atom. The third-order valence-corrected chi connectivity index (χ3v) is 2.08. The van der Waals surface area contributed by atoms with E-state index < -0.39 is 0 Å². The Morgan fingerprint density at radius 2 is 1.93 bits per heavy atom. The Balaban J connectivity index is 2.51. The molecule has 0 saturated carbocycles. The van der Waals surface area contributed by atoms with E-state index in [4.69, 9.17) is 0 Å². The monoisotopic (exact) mass is 202 g/mol. The van der Waals surface area contributed by atoms with Crippen molar-refractivity contribution in [1.29, 1.82) is 0 Å². The Morgan fingerprint density at radius 1 is 1.13 bits per heavy atom. The largest absolute Gasteiger partial charge is 0.253 e. The molecular weight excluding hydrogens is 188 g/mol. The van der Waals surface area contributed by atoms with Gasteiger partial charge < -0.3 is 0 Å². The number of rotatable bonds is 1. The molecule has 0 aromatic carbocycles. The number of nitrogens with zero attached hydrogens (tertiary/aromatic N) is 4. The summed E-state index contributed by atoms with van der Waals surface area (Å²) < 4.78 is 1.88. The third kappa shape index (κ3) is 1.88. The van der Waals surface area contributed by atoms with Crippen LogP contribution < -0.4 is 0 Å². The van der Waals surface area contributed by atoms with Crippen molar-refractivity contribution in [2.24, 2.45) is 0 Å². The molecule has 2 heterocycles. The maximum atomic E-state index is 4.27. The van der Waals surface area contributed by atoms with Crippen LogP contribution in [0.3, 0.4) is 0 Å². The lowest BCUT2D eigenvalue weighted by atomic mass is 10.1. The van der Waals surface area contributed by atoms with E-state index in [-0.39, 0.29) is 5.54 Å². The summed E-state index contributed by atoms with van der Waals surface area (Å²) in [5.74, 6) is 0.808. The van der Waals surface area contributed by atoms with Gasteiger partial charge in [-0.25, -0.2) is 9.67 Å². The Bertz CT molecular complexity index is 439. The van der Waals surface area contributed by atoms with Crippen LogP contribution in [0.5, 0.6) is 0 Å². The molecule has 15 heavy (non-hydrogen) atoms. The molecule has 0 bridgehead atoms. The predicted molar refractivity (Wildman–Crippen MR) is 58.2 cm³/mol. The van der Waals surface area contributed by atoms with Crippen LogP contribution in [0.2, 0.25) is 0 Å². The van der Waals surface area contributed by atoms with Gasteiger partial charge in [-0.3, -0.25) is 4.98 Å². The van der Waals surface area contributed by atoms with Gasteiger partial charge in [0, 0.05) is 6.20 Å². The Labute approximate surface area is 89.0 Å². The summed E-state index contributed by atoms with van der Waals surface area (Å²) >= 11 is 0. The van der Waals surface area contributed by atoms with Gasteiger partial charge in [0.1, 0.15) is 12.0 Å². The summed E-state index contributed by atoms with van der Waals surface area (Å²) in [6.45, 7) is 6.27. The first kappa shape index (κ1) is 9.83. The van der Waals surface area contributed by atoms with E-state index >= 15 is 0 Å². The van der Waals surface area contributed by atoms with Crippen LogP contribution >= 0.6 is 0 Å². The second-order valence-corrected chi connectivity index (χ2v) is 4.38. The number of hydrogen-bond acceptors (Lipinski definition) is 3. The van der Waals surface area contributed by atoms with E-state index in [1.165, 1.54) is 0 Å². The molecule has 0 radical (unpaired) electrons. The topological polar surface area (TPSA) is 43.6 Å². The predicted octanol–water partition coefficient (Wildman–Crippen LogP) is 2.10. The first-order valence-electron chi connectivity index (χ1n) is 4.91. The summed E-state index contributed by atoms with van der Waals surface area (Å²) in [5.41, 5.74) is 0.772. The molecule has 0 N–H and O–H groups in total. The van der Waals surface area contributed by atoms with E-state index in [0.717, 1.165) is 11.5 Å². The molecule has 4 nitrogen and oxygen atoms in total. The SMILES string of the molecule is CC(C)(C)n1ncnc1-c1ccccn1. The number of aromatic nitrogens is 4. The summed E-state index contributed by atoms with van der Waals surface area (Å²) in [7, 11) is 0. The highest BCUT2D eigenvalue weighted by atomic mass is 15.4. The van der Waals surface area contributed by atoms with Gasteiger partial charge in [-0.1, -0.05) is 6.07 Å². The van der Waals surface area contributed by atoms with Gasteiger partial charge >= 0.3 is 0 Å². The Kier molecular flexibility index (Phi) is 2.26. The average molecular weight is 202 g/mol. The number of hydrogen-bond donors (Lipinski definition) is 0. The molecule has 0 aliphatic heterocycles. The van der Waals surface area contributed by atoms with Crippen LogP contribution in [-0.2, 0) is 5.54 Å². The normalized spacial score (nSPS) is 11.7. The summed E-state index contributed by atoms with van der Waals surface area (Å²) in [6.07, 6.45) is 3.33. The smallest absolute Gasteiger partial charge is 0.177 e. The quantitative estimate of drug-likeness (QED) is 0.711. The van der Waals surface area contributed by atoms with E-state index in [1.807, 2.05) is 22.9 Å². The molecule has 2 rings (SSSR count). The molecule has 0 atom stereocenters. The van der Waals surface area contributed by atoms with Crippen molar-refractivity contribution in [3.05, 3.63) is 30.7 Å². The Hall–Kier alpha value is -1.71. The highest BCUT2D eigenvalue weighted by Gasteiger charge is 2.19. The average Bonchev–Trinajstić information content (AvgIpc) is 2.67.